The van der Waals surface area contributed by atoms with E-state index in [1.54, 1.807) is 6.20 Å². The van der Waals surface area contributed by atoms with Gasteiger partial charge in [-0.25, -0.2) is 4.98 Å². The van der Waals surface area contributed by atoms with E-state index in [0.717, 1.165) is 13.1 Å². The summed E-state index contributed by atoms with van der Waals surface area (Å²) in [7, 11) is 0. The van der Waals surface area contributed by atoms with E-state index in [0.29, 0.717) is 0 Å². The third-order valence-electron chi connectivity index (χ3n) is 2.62. The molecular weight excluding hydrogens is 198 g/mol. The Morgan fingerprint density at radius 3 is 2.88 bits per heavy atom. The molecule has 0 unspecified atom stereocenters. The Balaban J connectivity index is 2.23. The van der Waals surface area contributed by atoms with Crippen molar-refractivity contribution in [2.45, 2.75) is 20.4 Å². The first-order valence-corrected chi connectivity index (χ1v) is 5.60. The van der Waals surface area contributed by atoms with Gasteiger partial charge in [0.15, 0.2) is 0 Å². The maximum Gasteiger partial charge on any atom is 0.0991 e. The van der Waals surface area contributed by atoms with Gasteiger partial charge in [0.2, 0.25) is 0 Å². The Morgan fingerprint density at radius 2 is 2.25 bits per heavy atom. The van der Waals surface area contributed by atoms with E-state index >= 15 is 0 Å². The van der Waals surface area contributed by atoms with Crippen molar-refractivity contribution in [2.75, 3.05) is 6.54 Å². The zero-order valence-corrected chi connectivity index (χ0v) is 9.77. The van der Waals surface area contributed by atoms with E-state index in [1.165, 1.54) is 16.8 Å². The van der Waals surface area contributed by atoms with Crippen LogP contribution in [0.15, 0.2) is 36.9 Å². The molecule has 1 N–H and O–H groups in total. The highest BCUT2D eigenvalue weighted by Gasteiger charge is 2.01. The summed E-state index contributed by atoms with van der Waals surface area (Å²) < 4.78 is 2.03. The summed E-state index contributed by atoms with van der Waals surface area (Å²) in [5.74, 6) is 0. The van der Waals surface area contributed by atoms with Crippen molar-refractivity contribution in [3.63, 3.8) is 0 Å². The first-order valence-electron chi connectivity index (χ1n) is 5.60. The summed E-state index contributed by atoms with van der Waals surface area (Å²) in [6, 6.07) is 6.52. The van der Waals surface area contributed by atoms with Crippen LogP contribution in [0.1, 0.15) is 18.1 Å². The first-order chi connectivity index (χ1) is 7.81. The van der Waals surface area contributed by atoms with Crippen molar-refractivity contribution in [1.29, 1.82) is 0 Å². The number of nitrogens with one attached hydrogen (secondary N) is 1. The predicted molar refractivity (Wildman–Crippen MR) is 65.7 cm³/mol. The minimum Gasteiger partial charge on any atom is -0.313 e. The van der Waals surface area contributed by atoms with Gasteiger partial charge in [0.05, 0.1) is 6.33 Å². The van der Waals surface area contributed by atoms with Gasteiger partial charge in [-0.2, -0.15) is 0 Å². The predicted octanol–water partition coefficient (Wildman–Crippen LogP) is 2.29. The van der Waals surface area contributed by atoms with Crippen LogP contribution in [-0.2, 0) is 6.54 Å². The number of imidazole rings is 1. The van der Waals surface area contributed by atoms with Crippen molar-refractivity contribution in [2.24, 2.45) is 0 Å². The van der Waals surface area contributed by atoms with Gasteiger partial charge in [-0.3, -0.25) is 0 Å². The second kappa shape index (κ2) is 4.94. The average molecular weight is 215 g/mol. The molecule has 0 fully saturated rings. The van der Waals surface area contributed by atoms with E-state index in [4.69, 9.17) is 0 Å². The SMILES string of the molecule is CCNCc1ccc(-n2ccnc2)c(C)c1. The summed E-state index contributed by atoms with van der Waals surface area (Å²) in [6.45, 7) is 6.18. The van der Waals surface area contributed by atoms with E-state index in [9.17, 15) is 0 Å². The molecular formula is C13H17N3. The highest BCUT2D eigenvalue weighted by molar-refractivity contribution is 5.42. The standard InChI is InChI=1S/C13H17N3/c1-3-14-9-12-4-5-13(11(2)8-12)16-7-6-15-10-16/h4-8,10,14H,3,9H2,1-2H3. The van der Waals surface area contributed by atoms with Gasteiger partial charge in [0, 0.05) is 24.6 Å². The molecule has 0 saturated carbocycles. The molecule has 0 saturated heterocycles. The maximum absolute atomic E-state index is 4.06. The third kappa shape index (κ3) is 2.31. The normalized spacial score (nSPS) is 10.6. The molecule has 0 aliphatic rings. The highest BCUT2D eigenvalue weighted by Crippen LogP contribution is 2.15. The van der Waals surface area contributed by atoms with Gasteiger partial charge < -0.3 is 9.88 Å². The molecule has 3 nitrogen and oxygen atoms in total. The summed E-state index contributed by atoms with van der Waals surface area (Å²) in [5, 5.41) is 3.33. The lowest BCUT2D eigenvalue weighted by Crippen LogP contribution is -2.11. The van der Waals surface area contributed by atoms with Crippen molar-refractivity contribution < 1.29 is 0 Å². The van der Waals surface area contributed by atoms with Gasteiger partial charge in [0.25, 0.3) is 0 Å². The van der Waals surface area contributed by atoms with Gasteiger partial charge >= 0.3 is 0 Å². The average Bonchev–Trinajstić information content (AvgIpc) is 2.80. The number of nitrogens with zero attached hydrogens (tertiary/aromatic N) is 2. The summed E-state index contributed by atoms with van der Waals surface area (Å²) in [6.07, 6.45) is 5.59. The number of benzene rings is 1. The summed E-state index contributed by atoms with van der Waals surface area (Å²) >= 11 is 0. The van der Waals surface area contributed by atoms with E-state index in [1.807, 2.05) is 17.1 Å². The van der Waals surface area contributed by atoms with Crippen LogP contribution in [0.4, 0.5) is 0 Å². The topological polar surface area (TPSA) is 29.9 Å². The van der Waals surface area contributed by atoms with Gasteiger partial charge in [-0.05, 0) is 30.7 Å². The number of aromatic nitrogens is 2. The van der Waals surface area contributed by atoms with Crippen molar-refractivity contribution in [3.8, 4) is 5.69 Å². The fourth-order valence-electron chi connectivity index (χ4n) is 1.79. The monoisotopic (exact) mass is 215 g/mol. The van der Waals surface area contributed by atoms with Crippen LogP contribution in [0, 0.1) is 6.92 Å². The molecule has 0 spiro atoms. The van der Waals surface area contributed by atoms with Crippen LogP contribution < -0.4 is 5.32 Å². The van der Waals surface area contributed by atoms with E-state index < -0.39 is 0 Å². The van der Waals surface area contributed by atoms with Gasteiger partial charge in [0.1, 0.15) is 0 Å². The van der Waals surface area contributed by atoms with Crippen LogP contribution in [-0.4, -0.2) is 16.1 Å². The fraction of sp³-hybridized carbons (Fsp3) is 0.308. The zero-order chi connectivity index (χ0) is 11.4. The molecule has 0 aliphatic heterocycles. The Labute approximate surface area is 96.1 Å². The van der Waals surface area contributed by atoms with Crippen molar-refractivity contribution >= 4 is 0 Å². The van der Waals surface area contributed by atoms with E-state index in [2.05, 4.69) is 42.3 Å². The lowest BCUT2D eigenvalue weighted by molar-refractivity contribution is 0.726. The number of hydrogen-bond acceptors (Lipinski definition) is 2. The second-order valence-corrected chi connectivity index (χ2v) is 3.87. The summed E-state index contributed by atoms with van der Waals surface area (Å²) in [5.41, 5.74) is 3.79. The molecule has 84 valence electrons. The van der Waals surface area contributed by atoms with Crippen LogP contribution in [0.25, 0.3) is 5.69 Å². The number of aryl methyl sites for hydroxylation is 1. The smallest absolute Gasteiger partial charge is 0.0991 e. The molecule has 0 radical (unpaired) electrons. The Kier molecular flexibility index (Phi) is 3.37. The maximum atomic E-state index is 4.06. The van der Waals surface area contributed by atoms with E-state index in [-0.39, 0.29) is 0 Å². The van der Waals surface area contributed by atoms with Crippen LogP contribution >= 0.6 is 0 Å². The molecule has 1 heterocycles. The van der Waals surface area contributed by atoms with Gasteiger partial charge in [-0.1, -0.05) is 19.1 Å². The Hall–Kier alpha value is -1.61. The minimum atomic E-state index is 0.932. The van der Waals surface area contributed by atoms with Crippen LogP contribution in [0.3, 0.4) is 0 Å². The number of hydrogen-bond donors (Lipinski definition) is 1. The lowest BCUT2D eigenvalue weighted by Gasteiger charge is -2.09. The highest BCUT2D eigenvalue weighted by atomic mass is 15.0. The van der Waals surface area contributed by atoms with Crippen molar-refractivity contribution in [1.82, 2.24) is 14.9 Å². The molecule has 0 amide bonds. The molecule has 0 bridgehead atoms. The molecule has 1 aromatic heterocycles. The Bertz CT molecular complexity index is 446. The molecule has 16 heavy (non-hydrogen) atoms. The Morgan fingerprint density at radius 1 is 1.38 bits per heavy atom. The van der Waals surface area contributed by atoms with Crippen molar-refractivity contribution in [3.05, 3.63) is 48.0 Å². The quantitative estimate of drug-likeness (QED) is 0.848. The second-order valence-electron chi connectivity index (χ2n) is 3.87. The third-order valence-corrected chi connectivity index (χ3v) is 2.62. The molecule has 2 aromatic rings. The molecule has 2 rings (SSSR count). The molecule has 0 aliphatic carbocycles. The first kappa shape index (κ1) is 10.9. The molecule has 0 atom stereocenters. The molecule has 3 heteroatoms. The van der Waals surface area contributed by atoms with Crippen LogP contribution in [0.2, 0.25) is 0 Å². The molecule has 1 aromatic carbocycles. The fourth-order valence-corrected chi connectivity index (χ4v) is 1.79. The lowest BCUT2D eigenvalue weighted by atomic mass is 10.1. The number of rotatable bonds is 4. The largest absolute Gasteiger partial charge is 0.313 e. The van der Waals surface area contributed by atoms with Gasteiger partial charge in [-0.15, -0.1) is 0 Å². The zero-order valence-electron chi connectivity index (χ0n) is 9.77. The summed E-state index contributed by atoms with van der Waals surface area (Å²) in [4.78, 5) is 4.06. The minimum absolute atomic E-state index is 0.932. The van der Waals surface area contributed by atoms with Crippen LogP contribution in [0.5, 0.6) is 0 Å².